The number of nitrogens with one attached hydrogen (secondary N) is 2. The zero-order valence-corrected chi connectivity index (χ0v) is 18.9. The Bertz CT molecular complexity index is 1060. The van der Waals surface area contributed by atoms with E-state index in [1.807, 2.05) is 43.3 Å². The number of fused-ring (bicyclic) bond motifs is 3. The van der Waals surface area contributed by atoms with Crippen molar-refractivity contribution in [3.8, 4) is 11.1 Å². The molecule has 33 heavy (non-hydrogen) atoms. The van der Waals surface area contributed by atoms with Gasteiger partial charge in [-0.2, -0.15) is 0 Å². The van der Waals surface area contributed by atoms with Gasteiger partial charge < -0.3 is 25.4 Å². The minimum absolute atomic E-state index is 0.0585. The average Bonchev–Trinajstić information content (AvgIpc) is 3.28. The van der Waals surface area contributed by atoms with Crippen LogP contribution in [0.25, 0.3) is 11.1 Å². The van der Waals surface area contributed by atoms with Gasteiger partial charge in [-0.1, -0.05) is 60.7 Å². The summed E-state index contributed by atoms with van der Waals surface area (Å²) in [5.74, 6) is -2.16. The molecular formula is C24H25N3O5S. The second kappa shape index (κ2) is 9.58. The van der Waals surface area contributed by atoms with Crippen molar-refractivity contribution in [3.05, 3.63) is 59.7 Å². The molecule has 2 unspecified atom stereocenters. The Morgan fingerprint density at radius 3 is 2.24 bits per heavy atom. The van der Waals surface area contributed by atoms with Crippen molar-refractivity contribution in [2.75, 3.05) is 19.8 Å². The molecule has 1 aliphatic carbocycles. The molecule has 2 atom stereocenters. The normalized spacial score (nSPS) is 19.1. The number of thiocarbonyl (C=S) groups is 1. The van der Waals surface area contributed by atoms with E-state index in [1.54, 1.807) is 4.90 Å². The quantitative estimate of drug-likeness (QED) is 0.538. The third kappa shape index (κ3) is 4.68. The first-order chi connectivity index (χ1) is 15.9. The number of carboxylic acid groups (broad SMARTS) is 1. The maximum Gasteiger partial charge on any atom is 0.407 e. The van der Waals surface area contributed by atoms with Crippen molar-refractivity contribution < 1.29 is 24.2 Å². The third-order valence-corrected chi connectivity index (χ3v) is 6.69. The number of rotatable bonds is 7. The number of ether oxygens (including phenoxy) is 1. The standard InChI is InChI=1S/C24H25N3O5S/c1-14-10-19(23(29)30)22(33)27(14)13-26-21(28)11-25-24(31)32-12-20-17-8-4-2-6-15(17)16-7-3-5-9-18(16)20/h2-9,14,19-20H,10-13H2,1H3,(H,25,31)(H,26,28)(H,29,30). The fourth-order valence-electron chi connectivity index (χ4n) is 4.46. The number of carboxylic acids is 1. The summed E-state index contributed by atoms with van der Waals surface area (Å²) in [7, 11) is 0. The van der Waals surface area contributed by atoms with Crippen LogP contribution in [0.3, 0.4) is 0 Å². The number of benzene rings is 2. The predicted octanol–water partition coefficient (Wildman–Crippen LogP) is 2.72. The van der Waals surface area contributed by atoms with E-state index in [4.69, 9.17) is 17.0 Å². The summed E-state index contributed by atoms with van der Waals surface area (Å²) in [6.07, 6.45) is -0.273. The molecule has 1 heterocycles. The number of aliphatic carboxylic acids is 1. The van der Waals surface area contributed by atoms with Crippen molar-refractivity contribution in [3.63, 3.8) is 0 Å². The molecule has 2 amide bonds. The SMILES string of the molecule is CC1CC(C(=O)O)C(=S)N1CNC(=O)CNC(=O)OCC1c2ccccc2-c2ccccc21. The van der Waals surface area contributed by atoms with Gasteiger partial charge in [-0.3, -0.25) is 9.59 Å². The minimum Gasteiger partial charge on any atom is -0.481 e. The van der Waals surface area contributed by atoms with E-state index in [9.17, 15) is 19.5 Å². The fraction of sp³-hybridized carbons (Fsp3) is 0.333. The number of alkyl carbamates (subject to hydrolysis) is 1. The van der Waals surface area contributed by atoms with E-state index in [0.29, 0.717) is 11.4 Å². The van der Waals surface area contributed by atoms with Crippen LogP contribution in [-0.2, 0) is 14.3 Å². The predicted molar refractivity (Wildman–Crippen MR) is 126 cm³/mol. The molecule has 4 rings (SSSR count). The van der Waals surface area contributed by atoms with Gasteiger partial charge in [0.25, 0.3) is 0 Å². The summed E-state index contributed by atoms with van der Waals surface area (Å²) in [6, 6.07) is 16.0. The Morgan fingerprint density at radius 2 is 1.67 bits per heavy atom. The molecule has 9 heteroatoms. The number of nitrogens with zero attached hydrogens (tertiary/aromatic N) is 1. The molecule has 1 aliphatic heterocycles. The molecule has 2 aromatic rings. The van der Waals surface area contributed by atoms with Gasteiger partial charge in [0.05, 0.1) is 11.7 Å². The largest absolute Gasteiger partial charge is 0.481 e. The van der Waals surface area contributed by atoms with Gasteiger partial charge in [0.1, 0.15) is 19.1 Å². The van der Waals surface area contributed by atoms with Crippen LogP contribution in [0.5, 0.6) is 0 Å². The van der Waals surface area contributed by atoms with Crippen molar-refractivity contribution in [2.45, 2.75) is 25.3 Å². The lowest BCUT2D eigenvalue weighted by atomic mass is 9.98. The summed E-state index contributed by atoms with van der Waals surface area (Å²) < 4.78 is 5.42. The summed E-state index contributed by atoms with van der Waals surface area (Å²) in [4.78, 5) is 37.6. The van der Waals surface area contributed by atoms with Crippen LogP contribution in [-0.4, -0.2) is 58.8 Å². The van der Waals surface area contributed by atoms with Gasteiger partial charge in [0.2, 0.25) is 5.91 Å². The molecular weight excluding hydrogens is 442 g/mol. The third-order valence-electron chi connectivity index (χ3n) is 6.17. The first kappa shape index (κ1) is 22.7. The van der Waals surface area contributed by atoms with Crippen molar-refractivity contribution in [2.24, 2.45) is 5.92 Å². The van der Waals surface area contributed by atoms with Gasteiger partial charge in [-0.05, 0) is 35.6 Å². The van der Waals surface area contributed by atoms with E-state index in [2.05, 4.69) is 22.8 Å². The van der Waals surface area contributed by atoms with E-state index < -0.39 is 23.9 Å². The molecule has 3 N–H and O–H groups in total. The van der Waals surface area contributed by atoms with Gasteiger partial charge >= 0.3 is 12.1 Å². The van der Waals surface area contributed by atoms with Gasteiger partial charge in [0, 0.05) is 12.0 Å². The van der Waals surface area contributed by atoms with Gasteiger partial charge in [-0.15, -0.1) is 0 Å². The molecule has 0 saturated carbocycles. The Morgan fingerprint density at radius 1 is 1.06 bits per heavy atom. The number of carbonyl (C=O) groups is 3. The zero-order valence-electron chi connectivity index (χ0n) is 18.1. The van der Waals surface area contributed by atoms with E-state index >= 15 is 0 Å². The van der Waals surface area contributed by atoms with E-state index in [0.717, 1.165) is 22.3 Å². The second-order valence-corrected chi connectivity index (χ2v) is 8.64. The monoisotopic (exact) mass is 467 g/mol. The van der Waals surface area contributed by atoms with Crippen molar-refractivity contribution in [1.29, 1.82) is 0 Å². The van der Waals surface area contributed by atoms with Crippen LogP contribution in [0.1, 0.15) is 30.4 Å². The summed E-state index contributed by atoms with van der Waals surface area (Å²) in [5, 5.41) is 14.3. The lowest BCUT2D eigenvalue weighted by Gasteiger charge is -2.24. The second-order valence-electron chi connectivity index (χ2n) is 8.22. The van der Waals surface area contributed by atoms with Crippen molar-refractivity contribution >= 4 is 35.2 Å². The molecule has 0 aromatic heterocycles. The number of amides is 2. The molecule has 0 bridgehead atoms. The van der Waals surface area contributed by atoms with Crippen LogP contribution in [0.2, 0.25) is 0 Å². The Kier molecular flexibility index (Phi) is 6.60. The maximum atomic E-state index is 12.2. The molecule has 1 saturated heterocycles. The Labute approximate surface area is 196 Å². The molecule has 0 spiro atoms. The molecule has 2 aromatic carbocycles. The smallest absolute Gasteiger partial charge is 0.407 e. The molecule has 0 radical (unpaired) electrons. The number of hydrogen-bond donors (Lipinski definition) is 3. The van der Waals surface area contributed by atoms with Crippen LogP contribution in [0.15, 0.2) is 48.5 Å². The van der Waals surface area contributed by atoms with Crippen LogP contribution < -0.4 is 10.6 Å². The lowest BCUT2D eigenvalue weighted by Crippen LogP contribution is -2.45. The first-order valence-corrected chi connectivity index (χ1v) is 11.2. The highest BCUT2D eigenvalue weighted by molar-refractivity contribution is 7.80. The van der Waals surface area contributed by atoms with Crippen molar-refractivity contribution in [1.82, 2.24) is 15.5 Å². The fourth-order valence-corrected chi connectivity index (χ4v) is 4.91. The lowest BCUT2D eigenvalue weighted by molar-refractivity contribution is -0.139. The molecule has 1 fully saturated rings. The van der Waals surface area contributed by atoms with Gasteiger partial charge in [0.15, 0.2) is 0 Å². The summed E-state index contributed by atoms with van der Waals surface area (Å²) in [6.45, 7) is 1.86. The molecule has 8 nitrogen and oxygen atoms in total. The maximum absolute atomic E-state index is 12.2. The Balaban J connectivity index is 1.25. The number of carbonyl (C=O) groups excluding carboxylic acids is 2. The van der Waals surface area contributed by atoms with Crippen LogP contribution in [0.4, 0.5) is 4.79 Å². The minimum atomic E-state index is -0.961. The van der Waals surface area contributed by atoms with Crippen LogP contribution in [0, 0.1) is 5.92 Å². The Hall–Kier alpha value is -3.46. The highest BCUT2D eigenvalue weighted by atomic mass is 32.1. The van der Waals surface area contributed by atoms with E-state index in [-0.39, 0.29) is 31.8 Å². The zero-order chi connectivity index (χ0) is 23.5. The number of hydrogen-bond acceptors (Lipinski definition) is 5. The van der Waals surface area contributed by atoms with Gasteiger partial charge in [-0.25, -0.2) is 4.79 Å². The summed E-state index contributed by atoms with van der Waals surface area (Å²) >= 11 is 5.22. The summed E-state index contributed by atoms with van der Waals surface area (Å²) in [5.41, 5.74) is 4.50. The molecule has 2 aliphatic rings. The molecule has 172 valence electrons. The first-order valence-electron chi connectivity index (χ1n) is 10.8. The van der Waals surface area contributed by atoms with E-state index in [1.165, 1.54) is 0 Å². The topological polar surface area (TPSA) is 108 Å². The van der Waals surface area contributed by atoms with Crippen LogP contribution >= 0.6 is 12.2 Å². The number of likely N-dealkylation sites (tertiary alicyclic amines) is 1. The highest BCUT2D eigenvalue weighted by Gasteiger charge is 2.38. The average molecular weight is 468 g/mol. The highest BCUT2D eigenvalue weighted by Crippen LogP contribution is 2.44.